The summed E-state index contributed by atoms with van der Waals surface area (Å²) in [4.78, 5) is 21.5. The average molecular weight is 261 g/mol. The smallest absolute Gasteiger partial charge is 0.377 e. The van der Waals surface area contributed by atoms with Crippen molar-refractivity contribution < 1.29 is 19.1 Å². The molecule has 0 fully saturated rings. The zero-order valence-corrected chi connectivity index (χ0v) is 8.76. The average Bonchev–Trinajstić information content (AvgIpc) is 2.09. The highest BCUT2D eigenvalue weighted by molar-refractivity contribution is 9.10. The van der Waals surface area contributed by atoms with Gasteiger partial charge in [0.15, 0.2) is 0 Å². The number of rotatable bonds is 2. The first-order valence-corrected chi connectivity index (χ1v) is 4.46. The van der Waals surface area contributed by atoms with Gasteiger partial charge < -0.3 is 5.11 Å². The molecule has 0 amide bonds. The fourth-order valence-electron chi connectivity index (χ4n) is 0.997. The maximum Gasteiger partial charge on any atom is 0.377 e. The predicted molar refractivity (Wildman–Crippen MR) is 50.8 cm³/mol. The Morgan fingerprint density at radius 1 is 1.43 bits per heavy atom. The second-order valence-corrected chi connectivity index (χ2v) is 3.55. The Morgan fingerprint density at radius 3 is 2.50 bits per heavy atom. The minimum atomic E-state index is -1.59. The van der Waals surface area contributed by atoms with Crippen LogP contribution in [0.5, 0.6) is 0 Å². The van der Waals surface area contributed by atoms with Crippen molar-refractivity contribution in [2.24, 2.45) is 0 Å². The van der Waals surface area contributed by atoms with E-state index in [0.717, 1.165) is 6.07 Å². The number of carbonyl (C=O) groups excluding carboxylic acids is 1. The third-order valence-corrected chi connectivity index (χ3v) is 2.57. The lowest BCUT2D eigenvalue weighted by atomic mass is 10.0. The van der Waals surface area contributed by atoms with Crippen LogP contribution in [0.1, 0.15) is 15.9 Å². The summed E-state index contributed by atoms with van der Waals surface area (Å²) in [5.41, 5.74) is 0.281. The lowest BCUT2D eigenvalue weighted by Crippen LogP contribution is -2.14. The van der Waals surface area contributed by atoms with Crippen molar-refractivity contribution in [2.75, 3.05) is 0 Å². The monoisotopic (exact) mass is 260 g/mol. The van der Waals surface area contributed by atoms with E-state index in [1.165, 1.54) is 6.07 Å². The Kier molecular flexibility index (Phi) is 3.00. The molecule has 0 aliphatic rings. The Balaban J connectivity index is 3.34. The van der Waals surface area contributed by atoms with E-state index in [1.807, 2.05) is 0 Å². The first-order chi connectivity index (χ1) is 6.43. The van der Waals surface area contributed by atoms with Gasteiger partial charge in [-0.05, 0) is 24.6 Å². The third kappa shape index (κ3) is 1.98. The fraction of sp³-hybridized carbons (Fsp3) is 0.111. The summed E-state index contributed by atoms with van der Waals surface area (Å²) in [6.45, 7) is 1.54. The first kappa shape index (κ1) is 10.8. The van der Waals surface area contributed by atoms with E-state index in [1.54, 1.807) is 6.92 Å². The van der Waals surface area contributed by atoms with Gasteiger partial charge in [-0.2, -0.15) is 0 Å². The van der Waals surface area contributed by atoms with Gasteiger partial charge in [0.05, 0.1) is 0 Å². The number of carboxylic acids is 1. The van der Waals surface area contributed by atoms with Crippen molar-refractivity contribution in [2.45, 2.75) is 6.92 Å². The van der Waals surface area contributed by atoms with Crippen LogP contribution in [0.25, 0.3) is 0 Å². The van der Waals surface area contributed by atoms with Crippen LogP contribution in [0.3, 0.4) is 0 Å². The van der Waals surface area contributed by atoms with Crippen molar-refractivity contribution in [3.63, 3.8) is 0 Å². The maximum atomic E-state index is 12.9. The Bertz CT molecular complexity index is 415. The lowest BCUT2D eigenvalue weighted by molar-refractivity contribution is -0.131. The molecule has 0 radical (unpaired) electrons. The normalized spacial score (nSPS) is 9.93. The van der Waals surface area contributed by atoms with E-state index in [2.05, 4.69) is 15.9 Å². The fourth-order valence-corrected chi connectivity index (χ4v) is 1.43. The van der Waals surface area contributed by atoms with Gasteiger partial charge in [-0.1, -0.05) is 15.9 Å². The van der Waals surface area contributed by atoms with Crippen LogP contribution < -0.4 is 0 Å². The molecule has 14 heavy (non-hydrogen) atoms. The number of carboxylic acid groups (broad SMARTS) is 1. The minimum absolute atomic E-state index is 0.135. The zero-order valence-electron chi connectivity index (χ0n) is 7.17. The number of hydrogen-bond acceptors (Lipinski definition) is 2. The van der Waals surface area contributed by atoms with E-state index < -0.39 is 17.6 Å². The maximum absolute atomic E-state index is 12.9. The van der Waals surface area contributed by atoms with Gasteiger partial charge in [-0.3, -0.25) is 4.79 Å². The summed E-state index contributed by atoms with van der Waals surface area (Å²) >= 11 is 3.03. The Hall–Kier alpha value is -1.23. The van der Waals surface area contributed by atoms with Gasteiger partial charge in [0.25, 0.3) is 5.78 Å². The first-order valence-electron chi connectivity index (χ1n) is 3.66. The Labute approximate surface area is 87.7 Å². The number of aliphatic carboxylic acids is 1. The number of benzene rings is 1. The second-order valence-electron chi connectivity index (χ2n) is 2.69. The zero-order chi connectivity index (χ0) is 10.9. The summed E-state index contributed by atoms with van der Waals surface area (Å²) in [5, 5.41) is 8.45. The number of halogens is 2. The summed E-state index contributed by atoms with van der Waals surface area (Å²) in [5.74, 6) is -3.35. The molecule has 74 valence electrons. The van der Waals surface area contributed by atoms with Crippen LogP contribution in [0.4, 0.5) is 4.39 Å². The molecule has 0 saturated carbocycles. The molecule has 0 bridgehead atoms. The molecule has 1 aromatic carbocycles. The molecule has 0 heterocycles. The molecule has 1 aromatic rings. The molecule has 0 aliphatic heterocycles. The van der Waals surface area contributed by atoms with Crippen LogP contribution in [0.2, 0.25) is 0 Å². The lowest BCUT2D eigenvalue weighted by Gasteiger charge is -2.04. The van der Waals surface area contributed by atoms with Crippen molar-refractivity contribution in [1.82, 2.24) is 0 Å². The summed E-state index contributed by atoms with van der Waals surface area (Å²) < 4.78 is 13.2. The second kappa shape index (κ2) is 3.88. The standard InChI is InChI=1S/C9H6BrFO3/c1-4-6(8(12)9(13)14)2-5(11)3-7(4)10/h2-3H,1H3,(H,13,14). The largest absolute Gasteiger partial charge is 0.475 e. The molecule has 0 atom stereocenters. The van der Waals surface area contributed by atoms with Gasteiger partial charge in [0.2, 0.25) is 0 Å². The van der Waals surface area contributed by atoms with E-state index in [-0.39, 0.29) is 5.56 Å². The molecule has 0 aliphatic carbocycles. The van der Waals surface area contributed by atoms with Crippen molar-refractivity contribution in [3.05, 3.63) is 33.5 Å². The summed E-state index contributed by atoms with van der Waals surface area (Å²) in [6, 6.07) is 2.09. The topological polar surface area (TPSA) is 54.4 Å². The molecule has 0 spiro atoms. The highest BCUT2D eigenvalue weighted by Crippen LogP contribution is 2.21. The number of carbonyl (C=O) groups is 2. The molecular formula is C9H6BrFO3. The van der Waals surface area contributed by atoms with Crippen molar-refractivity contribution in [1.29, 1.82) is 0 Å². The van der Waals surface area contributed by atoms with Gasteiger partial charge in [0, 0.05) is 10.0 Å². The van der Waals surface area contributed by atoms with Crippen LogP contribution in [-0.2, 0) is 4.79 Å². The molecule has 1 rings (SSSR count). The van der Waals surface area contributed by atoms with Crippen molar-refractivity contribution in [3.8, 4) is 0 Å². The molecule has 0 saturated heterocycles. The Morgan fingerprint density at radius 2 is 2.00 bits per heavy atom. The highest BCUT2D eigenvalue weighted by Gasteiger charge is 2.19. The molecule has 0 unspecified atom stereocenters. The van der Waals surface area contributed by atoms with Crippen LogP contribution in [-0.4, -0.2) is 16.9 Å². The van der Waals surface area contributed by atoms with E-state index >= 15 is 0 Å². The molecule has 1 N–H and O–H groups in total. The number of Topliss-reactive ketones (excluding diaryl/α,β-unsaturated/α-hetero) is 1. The third-order valence-electron chi connectivity index (χ3n) is 1.75. The van der Waals surface area contributed by atoms with Crippen LogP contribution in [0, 0.1) is 12.7 Å². The van der Waals surface area contributed by atoms with Crippen molar-refractivity contribution >= 4 is 27.7 Å². The van der Waals surface area contributed by atoms with Gasteiger partial charge in [-0.25, -0.2) is 9.18 Å². The van der Waals surface area contributed by atoms with E-state index in [9.17, 15) is 14.0 Å². The highest BCUT2D eigenvalue weighted by atomic mass is 79.9. The SMILES string of the molecule is Cc1c(Br)cc(F)cc1C(=O)C(=O)O. The minimum Gasteiger partial charge on any atom is -0.475 e. The van der Waals surface area contributed by atoms with E-state index in [4.69, 9.17) is 5.11 Å². The van der Waals surface area contributed by atoms with Gasteiger partial charge in [0.1, 0.15) is 5.82 Å². The van der Waals surface area contributed by atoms with E-state index in [0.29, 0.717) is 10.0 Å². The quantitative estimate of drug-likeness (QED) is 0.655. The van der Waals surface area contributed by atoms with Crippen LogP contribution >= 0.6 is 15.9 Å². The summed E-state index contributed by atoms with van der Waals surface area (Å²) in [7, 11) is 0. The molecule has 5 heteroatoms. The summed E-state index contributed by atoms with van der Waals surface area (Å²) in [6.07, 6.45) is 0. The molecule has 0 aromatic heterocycles. The van der Waals surface area contributed by atoms with Crippen LogP contribution in [0.15, 0.2) is 16.6 Å². The molecular weight excluding hydrogens is 255 g/mol. The van der Waals surface area contributed by atoms with Gasteiger partial charge >= 0.3 is 5.97 Å². The predicted octanol–water partition coefficient (Wildman–Crippen LogP) is 2.16. The number of ketones is 1. The molecule has 3 nitrogen and oxygen atoms in total. The van der Waals surface area contributed by atoms with Gasteiger partial charge in [-0.15, -0.1) is 0 Å². The number of hydrogen-bond donors (Lipinski definition) is 1.